The number of amides is 1. The van der Waals surface area contributed by atoms with Crippen LogP contribution in [-0.4, -0.2) is 31.2 Å². The van der Waals surface area contributed by atoms with E-state index in [1.807, 2.05) is 37.8 Å². The van der Waals surface area contributed by atoms with Crippen molar-refractivity contribution in [3.8, 4) is 0 Å². The summed E-state index contributed by atoms with van der Waals surface area (Å²) in [6.07, 6.45) is 1.32. The van der Waals surface area contributed by atoms with Crippen molar-refractivity contribution in [3.05, 3.63) is 29.3 Å². The van der Waals surface area contributed by atoms with Crippen LogP contribution in [0.5, 0.6) is 0 Å². The van der Waals surface area contributed by atoms with Gasteiger partial charge in [-0.1, -0.05) is 6.07 Å². The fourth-order valence-electron chi connectivity index (χ4n) is 2.81. The van der Waals surface area contributed by atoms with E-state index in [-0.39, 0.29) is 30.5 Å². The number of anilines is 1. The highest BCUT2D eigenvalue weighted by molar-refractivity contribution is 5.96. The molecule has 0 aromatic heterocycles. The van der Waals surface area contributed by atoms with Gasteiger partial charge in [-0.15, -0.1) is 12.4 Å². The number of carbonyl (C=O) groups is 1. The Hall–Kier alpha value is -1.10. The van der Waals surface area contributed by atoms with Crippen LogP contribution >= 0.6 is 12.4 Å². The second kappa shape index (κ2) is 7.78. The fraction of sp³-hybridized carbons (Fsp3) is 0.562. The summed E-state index contributed by atoms with van der Waals surface area (Å²) in [7, 11) is 0. The van der Waals surface area contributed by atoms with Crippen LogP contribution in [0.25, 0.3) is 0 Å². The number of ether oxygens (including phenoxy) is 1. The smallest absolute Gasteiger partial charge is 0.256 e. The lowest BCUT2D eigenvalue weighted by Gasteiger charge is -2.25. The number of carbonyl (C=O) groups excluding carboxylic acids is 1. The van der Waals surface area contributed by atoms with Gasteiger partial charge in [0.05, 0.1) is 6.10 Å². The predicted octanol–water partition coefficient (Wildman–Crippen LogP) is 2.58. The Bertz CT molecular complexity index is 473. The first-order chi connectivity index (χ1) is 9.55. The average molecular weight is 313 g/mol. The van der Waals surface area contributed by atoms with Gasteiger partial charge in [0.25, 0.3) is 5.91 Å². The number of nitrogens with zero attached hydrogens (tertiary/aromatic N) is 1. The van der Waals surface area contributed by atoms with Crippen LogP contribution in [0.4, 0.5) is 5.69 Å². The molecule has 1 aliphatic heterocycles. The van der Waals surface area contributed by atoms with Gasteiger partial charge in [-0.05, 0) is 56.9 Å². The highest BCUT2D eigenvalue weighted by atomic mass is 35.5. The minimum Gasteiger partial charge on any atom is -0.364 e. The van der Waals surface area contributed by atoms with E-state index in [0.717, 1.165) is 18.5 Å². The van der Waals surface area contributed by atoms with Crippen LogP contribution in [-0.2, 0) is 9.53 Å². The second-order valence-electron chi connectivity index (χ2n) is 5.49. The summed E-state index contributed by atoms with van der Waals surface area (Å²) < 4.78 is 5.72. The number of rotatable bonds is 4. The molecule has 1 aromatic rings. The second-order valence-corrected chi connectivity index (χ2v) is 5.49. The molecule has 118 valence electrons. The van der Waals surface area contributed by atoms with Crippen molar-refractivity contribution < 1.29 is 9.53 Å². The van der Waals surface area contributed by atoms with Gasteiger partial charge in [0.15, 0.2) is 0 Å². The number of halogens is 1. The van der Waals surface area contributed by atoms with Crippen LogP contribution < -0.4 is 10.6 Å². The summed E-state index contributed by atoms with van der Waals surface area (Å²) in [4.78, 5) is 14.4. The lowest BCUT2D eigenvalue weighted by Crippen LogP contribution is -2.39. The molecule has 1 heterocycles. The Labute approximate surface area is 133 Å². The topological polar surface area (TPSA) is 55.6 Å². The van der Waals surface area contributed by atoms with Gasteiger partial charge in [-0.25, -0.2) is 0 Å². The number of hydrogen-bond acceptors (Lipinski definition) is 3. The molecule has 1 aliphatic rings. The van der Waals surface area contributed by atoms with Gasteiger partial charge in [0.2, 0.25) is 0 Å². The highest BCUT2D eigenvalue weighted by Gasteiger charge is 2.33. The quantitative estimate of drug-likeness (QED) is 0.929. The number of likely N-dealkylation sites (N-methyl/N-ethyl adjacent to an activating group) is 1. The standard InChI is InChI=1S/C16H24N2O2.ClH/c1-4-18(13-8-11(2)7-12(3)9-13)16(19)15-6-5-14(10-17)20-15;/h7-9,14-15H,4-6,10,17H2,1-3H3;1H/t14-,15+;/m1./s1. The molecule has 0 bridgehead atoms. The maximum absolute atomic E-state index is 12.6. The third-order valence-corrected chi connectivity index (χ3v) is 3.75. The molecule has 0 radical (unpaired) electrons. The molecule has 0 spiro atoms. The van der Waals surface area contributed by atoms with E-state index < -0.39 is 0 Å². The van der Waals surface area contributed by atoms with Crippen molar-refractivity contribution in [2.45, 2.75) is 45.8 Å². The van der Waals surface area contributed by atoms with Gasteiger partial charge in [-0.3, -0.25) is 4.79 Å². The molecule has 0 saturated carbocycles. The SMILES string of the molecule is CCN(C(=O)[C@@H]1CC[C@H](CN)O1)c1cc(C)cc(C)c1.Cl. The number of nitrogens with two attached hydrogens (primary N) is 1. The lowest BCUT2D eigenvalue weighted by atomic mass is 10.1. The summed E-state index contributed by atoms with van der Waals surface area (Å²) in [5, 5.41) is 0. The summed E-state index contributed by atoms with van der Waals surface area (Å²) in [5.41, 5.74) is 8.89. The van der Waals surface area contributed by atoms with E-state index in [2.05, 4.69) is 6.07 Å². The van der Waals surface area contributed by atoms with E-state index >= 15 is 0 Å². The predicted molar refractivity (Wildman–Crippen MR) is 88.1 cm³/mol. The maximum atomic E-state index is 12.6. The number of aryl methyl sites for hydroxylation is 2. The molecule has 2 rings (SSSR count). The highest BCUT2D eigenvalue weighted by Crippen LogP contribution is 2.25. The van der Waals surface area contributed by atoms with Gasteiger partial charge < -0.3 is 15.4 Å². The van der Waals surface area contributed by atoms with Gasteiger partial charge in [0.1, 0.15) is 6.10 Å². The minimum absolute atomic E-state index is 0. The van der Waals surface area contributed by atoms with Crippen LogP contribution in [0.15, 0.2) is 18.2 Å². The molecular formula is C16H25ClN2O2. The largest absolute Gasteiger partial charge is 0.364 e. The molecule has 0 aliphatic carbocycles. The van der Waals surface area contributed by atoms with E-state index in [0.29, 0.717) is 13.1 Å². The van der Waals surface area contributed by atoms with Gasteiger partial charge >= 0.3 is 0 Å². The van der Waals surface area contributed by atoms with Crippen molar-refractivity contribution in [1.82, 2.24) is 0 Å². The first-order valence-electron chi connectivity index (χ1n) is 7.30. The zero-order valence-corrected chi connectivity index (χ0v) is 13.8. The van der Waals surface area contributed by atoms with Crippen LogP contribution in [0, 0.1) is 13.8 Å². The van der Waals surface area contributed by atoms with Crippen molar-refractivity contribution in [1.29, 1.82) is 0 Å². The Morgan fingerprint density at radius 3 is 2.38 bits per heavy atom. The molecular weight excluding hydrogens is 288 g/mol. The van der Waals surface area contributed by atoms with Gasteiger partial charge in [-0.2, -0.15) is 0 Å². The summed E-state index contributed by atoms with van der Waals surface area (Å²) in [6, 6.07) is 6.20. The molecule has 21 heavy (non-hydrogen) atoms. The molecule has 2 atom stereocenters. The summed E-state index contributed by atoms with van der Waals surface area (Å²) in [6.45, 7) is 7.22. The fourth-order valence-corrected chi connectivity index (χ4v) is 2.81. The Balaban J connectivity index is 0.00000220. The van der Waals surface area contributed by atoms with E-state index in [1.54, 1.807) is 0 Å². The van der Waals surface area contributed by atoms with E-state index in [4.69, 9.17) is 10.5 Å². The lowest BCUT2D eigenvalue weighted by molar-refractivity contribution is -0.129. The Morgan fingerprint density at radius 2 is 1.90 bits per heavy atom. The molecule has 1 aromatic carbocycles. The normalized spacial score (nSPS) is 21.0. The average Bonchev–Trinajstić information content (AvgIpc) is 2.87. The third kappa shape index (κ3) is 4.19. The van der Waals surface area contributed by atoms with Crippen molar-refractivity contribution >= 4 is 24.0 Å². The molecule has 5 heteroatoms. The maximum Gasteiger partial charge on any atom is 0.256 e. The van der Waals surface area contributed by atoms with E-state index in [9.17, 15) is 4.79 Å². The zero-order valence-electron chi connectivity index (χ0n) is 13.0. The Kier molecular flexibility index (Phi) is 6.65. The molecule has 1 fully saturated rings. The summed E-state index contributed by atoms with van der Waals surface area (Å²) >= 11 is 0. The first-order valence-corrected chi connectivity index (χ1v) is 7.30. The number of hydrogen-bond donors (Lipinski definition) is 1. The number of benzene rings is 1. The van der Waals surface area contributed by atoms with Crippen LogP contribution in [0.1, 0.15) is 30.9 Å². The monoisotopic (exact) mass is 312 g/mol. The van der Waals surface area contributed by atoms with Crippen molar-refractivity contribution in [2.24, 2.45) is 5.73 Å². The molecule has 2 N–H and O–H groups in total. The van der Waals surface area contributed by atoms with Crippen molar-refractivity contribution in [3.63, 3.8) is 0 Å². The third-order valence-electron chi connectivity index (χ3n) is 3.75. The van der Waals surface area contributed by atoms with Crippen molar-refractivity contribution in [2.75, 3.05) is 18.0 Å². The summed E-state index contributed by atoms with van der Waals surface area (Å²) in [5.74, 6) is 0.0495. The van der Waals surface area contributed by atoms with Crippen LogP contribution in [0.3, 0.4) is 0 Å². The molecule has 1 saturated heterocycles. The zero-order chi connectivity index (χ0) is 14.7. The molecule has 1 amide bonds. The molecule has 0 unspecified atom stereocenters. The van der Waals surface area contributed by atoms with Crippen LogP contribution in [0.2, 0.25) is 0 Å². The first kappa shape index (κ1) is 18.0. The molecule has 4 nitrogen and oxygen atoms in total. The minimum atomic E-state index is -0.343. The van der Waals surface area contributed by atoms with Gasteiger partial charge in [0, 0.05) is 18.8 Å². The van der Waals surface area contributed by atoms with E-state index in [1.165, 1.54) is 11.1 Å². The Morgan fingerprint density at radius 1 is 1.29 bits per heavy atom.